The van der Waals surface area contributed by atoms with Crippen LogP contribution in [0.1, 0.15) is 25.3 Å². The monoisotopic (exact) mass is 240 g/mol. The Balaban J connectivity index is 1.86. The summed E-state index contributed by atoms with van der Waals surface area (Å²) in [5, 5.41) is 3.49. The van der Waals surface area contributed by atoms with Crippen LogP contribution in [0.3, 0.4) is 0 Å². The van der Waals surface area contributed by atoms with Gasteiger partial charge in [-0.2, -0.15) is 0 Å². The third-order valence-electron chi connectivity index (χ3n) is 3.13. The SMILES string of the molecule is CC[C@@H](CCc1ccccc1)Nc1ccccn1. The summed E-state index contributed by atoms with van der Waals surface area (Å²) in [7, 11) is 0. The van der Waals surface area contributed by atoms with Gasteiger partial charge < -0.3 is 5.32 Å². The lowest BCUT2D eigenvalue weighted by Gasteiger charge is -2.17. The van der Waals surface area contributed by atoms with Crippen LogP contribution in [0.2, 0.25) is 0 Å². The molecule has 1 aromatic carbocycles. The smallest absolute Gasteiger partial charge is 0.126 e. The van der Waals surface area contributed by atoms with E-state index in [1.807, 2.05) is 24.4 Å². The van der Waals surface area contributed by atoms with E-state index < -0.39 is 0 Å². The molecule has 0 fully saturated rings. The van der Waals surface area contributed by atoms with Crippen LogP contribution in [0.15, 0.2) is 54.7 Å². The summed E-state index contributed by atoms with van der Waals surface area (Å²) in [6.45, 7) is 2.21. The highest BCUT2D eigenvalue weighted by Crippen LogP contribution is 2.11. The van der Waals surface area contributed by atoms with Gasteiger partial charge in [0.25, 0.3) is 0 Å². The molecule has 18 heavy (non-hydrogen) atoms. The lowest BCUT2D eigenvalue weighted by molar-refractivity contribution is 0.631. The minimum atomic E-state index is 0.486. The van der Waals surface area contributed by atoms with E-state index >= 15 is 0 Å². The fourth-order valence-electron chi connectivity index (χ4n) is 2.02. The first-order valence-corrected chi connectivity index (χ1v) is 6.60. The summed E-state index contributed by atoms with van der Waals surface area (Å²) >= 11 is 0. The minimum absolute atomic E-state index is 0.486. The molecule has 2 heteroatoms. The first-order valence-electron chi connectivity index (χ1n) is 6.60. The Hall–Kier alpha value is -1.83. The summed E-state index contributed by atoms with van der Waals surface area (Å²) < 4.78 is 0. The molecule has 0 bridgehead atoms. The summed E-state index contributed by atoms with van der Waals surface area (Å²) in [6.07, 6.45) is 5.19. The van der Waals surface area contributed by atoms with Crippen LogP contribution in [-0.4, -0.2) is 11.0 Å². The standard InChI is InChI=1S/C16H20N2/c1-2-15(18-16-10-6-7-13-17-16)12-11-14-8-4-3-5-9-14/h3-10,13,15H,2,11-12H2,1H3,(H,17,18)/t15-/m0/s1. The van der Waals surface area contributed by atoms with Crippen LogP contribution < -0.4 is 5.32 Å². The van der Waals surface area contributed by atoms with Crippen molar-refractivity contribution in [2.75, 3.05) is 5.32 Å². The van der Waals surface area contributed by atoms with Crippen molar-refractivity contribution in [3.63, 3.8) is 0 Å². The number of nitrogens with one attached hydrogen (secondary N) is 1. The van der Waals surface area contributed by atoms with Gasteiger partial charge in [-0.15, -0.1) is 0 Å². The highest BCUT2D eigenvalue weighted by molar-refractivity contribution is 5.34. The summed E-state index contributed by atoms with van der Waals surface area (Å²) in [6, 6.07) is 17.1. The molecule has 1 N–H and O–H groups in total. The van der Waals surface area contributed by atoms with Gasteiger partial charge in [-0.25, -0.2) is 4.98 Å². The number of anilines is 1. The Kier molecular flexibility index (Phi) is 4.77. The molecular weight excluding hydrogens is 220 g/mol. The van der Waals surface area contributed by atoms with E-state index in [9.17, 15) is 0 Å². The predicted molar refractivity (Wildman–Crippen MR) is 76.7 cm³/mol. The molecule has 1 aromatic heterocycles. The Bertz CT molecular complexity index is 439. The number of aromatic nitrogens is 1. The Labute approximate surface area is 109 Å². The molecule has 2 nitrogen and oxygen atoms in total. The topological polar surface area (TPSA) is 24.9 Å². The first-order chi connectivity index (χ1) is 8.88. The highest BCUT2D eigenvalue weighted by Gasteiger charge is 2.06. The van der Waals surface area contributed by atoms with Gasteiger partial charge in [0.05, 0.1) is 0 Å². The largest absolute Gasteiger partial charge is 0.367 e. The van der Waals surface area contributed by atoms with Crippen LogP contribution in [0, 0.1) is 0 Å². The van der Waals surface area contributed by atoms with Gasteiger partial charge in [0.2, 0.25) is 0 Å². The number of nitrogens with zero attached hydrogens (tertiary/aromatic N) is 1. The average Bonchev–Trinajstić information content (AvgIpc) is 2.45. The Morgan fingerprint density at radius 2 is 1.83 bits per heavy atom. The van der Waals surface area contributed by atoms with Crippen molar-refractivity contribution < 1.29 is 0 Å². The summed E-state index contributed by atoms with van der Waals surface area (Å²) in [5.41, 5.74) is 1.40. The van der Waals surface area contributed by atoms with E-state index in [-0.39, 0.29) is 0 Å². The van der Waals surface area contributed by atoms with E-state index in [0.717, 1.165) is 25.1 Å². The van der Waals surface area contributed by atoms with Crippen LogP contribution in [0.4, 0.5) is 5.82 Å². The van der Waals surface area contributed by atoms with Crippen LogP contribution in [0.5, 0.6) is 0 Å². The molecule has 0 amide bonds. The number of benzene rings is 1. The zero-order valence-corrected chi connectivity index (χ0v) is 10.8. The Morgan fingerprint density at radius 1 is 1.06 bits per heavy atom. The zero-order valence-electron chi connectivity index (χ0n) is 10.8. The fourth-order valence-corrected chi connectivity index (χ4v) is 2.02. The number of rotatable bonds is 6. The molecule has 0 radical (unpaired) electrons. The van der Waals surface area contributed by atoms with Gasteiger partial charge in [-0.05, 0) is 37.0 Å². The normalized spacial score (nSPS) is 12.1. The lowest BCUT2D eigenvalue weighted by atomic mass is 10.0. The van der Waals surface area contributed by atoms with Crippen molar-refractivity contribution in [1.29, 1.82) is 0 Å². The first kappa shape index (κ1) is 12.6. The van der Waals surface area contributed by atoms with E-state index in [1.54, 1.807) is 0 Å². The van der Waals surface area contributed by atoms with Gasteiger partial charge in [-0.1, -0.05) is 43.3 Å². The van der Waals surface area contributed by atoms with Gasteiger partial charge in [0, 0.05) is 12.2 Å². The second kappa shape index (κ2) is 6.80. The molecule has 0 aliphatic carbocycles. The molecule has 0 unspecified atom stereocenters. The molecule has 0 aliphatic rings. The Morgan fingerprint density at radius 3 is 2.50 bits per heavy atom. The lowest BCUT2D eigenvalue weighted by Crippen LogP contribution is -2.19. The maximum Gasteiger partial charge on any atom is 0.126 e. The van der Waals surface area contributed by atoms with Crippen molar-refractivity contribution >= 4 is 5.82 Å². The number of hydrogen-bond acceptors (Lipinski definition) is 2. The minimum Gasteiger partial charge on any atom is -0.367 e. The van der Waals surface area contributed by atoms with E-state index in [0.29, 0.717) is 6.04 Å². The van der Waals surface area contributed by atoms with E-state index in [2.05, 4.69) is 47.6 Å². The molecule has 2 aromatic rings. The van der Waals surface area contributed by atoms with E-state index in [1.165, 1.54) is 5.56 Å². The van der Waals surface area contributed by atoms with Crippen molar-refractivity contribution in [3.05, 3.63) is 60.3 Å². The average molecular weight is 240 g/mol. The van der Waals surface area contributed by atoms with Crippen LogP contribution >= 0.6 is 0 Å². The second-order valence-corrected chi connectivity index (χ2v) is 4.49. The van der Waals surface area contributed by atoms with Gasteiger partial charge in [-0.3, -0.25) is 0 Å². The van der Waals surface area contributed by atoms with Crippen molar-refractivity contribution in [1.82, 2.24) is 4.98 Å². The molecular formula is C16H20N2. The molecule has 0 aliphatic heterocycles. The molecule has 0 saturated carbocycles. The van der Waals surface area contributed by atoms with Crippen LogP contribution in [-0.2, 0) is 6.42 Å². The molecule has 1 heterocycles. The number of pyridine rings is 1. The summed E-state index contributed by atoms with van der Waals surface area (Å²) in [5.74, 6) is 0.970. The number of aryl methyl sites for hydroxylation is 1. The molecule has 0 spiro atoms. The molecule has 1 atom stereocenters. The van der Waals surface area contributed by atoms with Gasteiger partial charge >= 0.3 is 0 Å². The van der Waals surface area contributed by atoms with Crippen molar-refractivity contribution in [2.24, 2.45) is 0 Å². The molecule has 2 rings (SSSR count). The van der Waals surface area contributed by atoms with Gasteiger partial charge in [0.15, 0.2) is 0 Å². The predicted octanol–water partition coefficient (Wildman–Crippen LogP) is 3.90. The quantitative estimate of drug-likeness (QED) is 0.828. The molecule has 94 valence electrons. The third-order valence-corrected chi connectivity index (χ3v) is 3.13. The number of hydrogen-bond donors (Lipinski definition) is 1. The van der Waals surface area contributed by atoms with Crippen molar-refractivity contribution in [2.45, 2.75) is 32.2 Å². The third kappa shape index (κ3) is 3.88. The second-order valence-electron chi connectivity index (χ2n) is 4.49. The summed E-state index contributed by atoms with van der Waals surface area (Å²) in [4.78, 5) is 4.31. The zero-order chi connectivity index (χ0) is 12.6. The fraction of sp³-hybridized carbons (Fsp3) is 0.312. The molecule has 0 saturated heterocycles. The highest BCUT2D eigenvalue weighted by atomic mass is 15.0. The van der Waals surface area contributed by atoms with Gasteiger partial charge in [0.1, 0.15) is 5.82 Å². The maximum atomic E-state index is 4.31. The maximum absolute atomic E-state index is 4.31. The van der Waals surface area contributed by atoms with E-state index in [4.69, 9.17) is 0 Å². The van der Waals surface area contributed by atoms with Crippen LogP contribution in [0.25, 0.3) is 0 Å². The van der Waals surface area contributed by atoms with Crippen molar-refractivity contribution in [3.8, 4) is 0 Å².